The monoisotopic (exact) mass is 268 g/mol. The fraction of sp³-hybridized carbons (Fsp3) is 0.316. The van der Waals surface area contributed by atoms with Gasteiger partial charge in [0.05, 0.1) is 0 Å². The van der Waals surface area contributed by atoms with Crippen LogP contribution in [0.25, 0.3) is 0 Å². The Morgan fingerprint density at radius 2 is 1.35 bits per heavy atom. The van der Waals surface area contributed by atoms with Gasteiger partial charge >= 0.3 is 0 Å². The predicted octanol–water partition coefficient (Wildman–Crippen LogP) is 5.18. The first-order valence-corrected chi connectivity index (χ1v) is 7.19. The molecule has 0 radical (unpaired) electrons. The highest BCUT2D eigenvalue weighted by molar-refractivity contribution is 6.11. The van der Waals surface area contributed by atoms with Crippen molar-refractivity contribution in [2.75, 3.05) is 0 Å². The van der Waals surface area contributed by atoms with E-state index in [1.807, 2.05) is 58.0 Å². The third kappa shape index (κ3) is 3.16. The molecule has 0 unspecified atom stereocenters. The van der Waals surface area contributed by atoms with Gasteiger partial charge in [-0.15, -0.1) is 0 Å². The standard InChI is InChI=1S/C17H18O.C2H6/c1-11-10-12(2)16(14(4)13(11)3)17(18)15-8-6-5-7-9-15;1-2/h5-10H,1-4H3;1-2H3. The molecule has 106 valence electrons. The van der Waals surface area contributed by atoms with Crippen LogP contribution < -0.4 is 0 Å². The smallest absolute Gasteiger partial charge is 0.193 e. The van der Waals surface area contributed by atoms with E-state index in [2.05, 4.69) is 19.9 Å². The molecule has 0 heterocycles. The molecule has 0 N–H and O–H groups in total. The van der Waals surface area contributed by atoms with Gasteiger partial charge in [-0.1, -0.05) is 50.2 Å². The quantitative estimate of drug-likeness (QED) is 0.686. The number of aryl methyl sites for hydroxylation is 2. The first-order valence-electron chi connectivity index (χ1n) is 7.19. The first kappa shape index (κ1) is 16.2. The Morgan fingerprint density at radius 3 is 1.90 bits per heavy atom. The van der Waals surface area contributed by atoms with Crippen molar-refractivity contribution < 1.29 is 4.79 Å². The van der Waals surface area contributed by atoms with Gasteiger partial charge in [-0.05, 0) is 49.9 Å². The average molecular weight is 268 g/mol. The highest BCUT2D eigenvalue weighted by atomic mass is 16.1. The zero-order valence-corrected chi connectivity index (χ0v) is 13.4. The van der Waals surface area contributed by atoms with Crippen molar-refractivity contribution in [2.45, 2.75) is 41.5 Å². The number of hydrogen-bond acceptors (Lipinski definition) is 1. The second-order valence-electron chi connectivity index (χ2n) is 4.83. The Morgan fingerprint density at radius 1 is 0.800 bits per heavy atom. The summed E-state index contributed by atoms with van der Waals surface area (Å²) in [4.78, 5) is 12.6. The van der Waals surface area contributed by atoms with Crippen molar-refractivity contribution in [3.05, 3.63) is 69.8 Å². The zero-order valence-electron chi connectivity index (χ0n) is 13.4. The topological polar surface area (TPSA) is 17.1 Å². The predicted molar refractivity (Wildman–Crippen MR) is 86.6 cm³/mol. The fourth-order valence-corrected chi connectivity index (χ4v) is 2.37. The van der Waals surface area contributed by atoms with Gasteiger partial charge in [-0.3, -0.25) is 4.79 Å². The lowest BCUT2D eigenvalue weighted by atomic mass is 9.90. The van der Waals surface area contributed by atoms with Crippen molar-refractivity contribution in [1.29, 1.82) is 0 Å². The van der Waals surface area contributed by atoms with E-state index >= 15 is 0 Å². The van der Waals surface area contributed by atoms with Crippen LogP contribution in [0.2, 0.25) is 0 Å². The number of rotatable bonds is 2. The van der Waals surface area contributed by atoms with E-state index in [9.17, 15) is 4.79 Å². The van der Waals surface area contributed by atoms with Gasteiger partial charge in [0.2, 0.25) is 0 Å². The molecule has 20 heavy (non-hydrogen) atoms. The van der Waals surface area contributed by atoms with Crippen molar-refractivity contribution >= 4 is 5.78 Å². The van der Waals surface area contributed by atoms with Crippen LogP contribution in [-0.2, 0) is 0 Å². The van der Waals surface area contributed by atoms with E-state index in [4.69, 9.17) is 0 Å². The molecule has 0 aliphatic carbocycles. The van der Waals surface area contributed by atoms with Gasteiger partial charge in [-0.25, -0.2) is 0 Å². The van der Waals surface area contributed by atoms with E-state index < -0.39 is 0 Å². The maximum atomic E-state index is 12.6. The van der Waals surface area contributed by atoms with Crippen LogP contribution in [0, 0.1) is 27.7 Å². The molecule has 0 bridgehead atoms. The molecule has 0 fully saturated rings. The Kier molecular flexibility index (Phi) is 5.69. The molecular weight excluding hydrogens is 244 g/mol. The van der Waals surface area contributed by atoms with Crippen LogP contribution in [0.15, 0.2) is 36.4 Å². The molecule has 0 spiro atoms. The van der Waals surface area contributed by atoms with Crippen molar-refractivity contribution in [3.8, 4) is 0 Å². The maximum Gasteiger partial charge on any atom is 0.193 e. The van der Waals surface area contributed by atoms with Gasteiger partial charge in [0.1, 0.15) is 0 Å². The molecule has 0 saturated carbocycles. The summed E-state index contributed by atoms with van der Waals surface area (Å²) >= 11 is 0. The normalized spacial score (nSPS) is 9.70. The second-order valence-corrected chi connectivity index (χ2v) is 4.83. The number of benzene rings is 2. The average Bonchev–Trinajstić information content (AvgIpc) is 2.48. The third-order valence-electron chi connectivity index (χ3n) is 3.62. The Balaban J connectivity index is 0.000000956. The SMILES string of the molecule is CC.Cc1cc(C)c(C(=O)c2ccccc2)c(C)c1C. The van der Waals surface area contributed by atoms with Crippen LogP contribution >= 0.6 is 0 Å². The summed E-state index contributed by atoms with van der Waals surface area (Å²) in [6.07, 6.45) is 0. The summed E-state index contributed by atoms with van der Waals surface area (Å²) in [5, 5.41) is 0. The Bertz CT molecular complexity index is 595. The lowest BCUT2D eigenvalue weighted by Gasteiger charge is -2.14. The van der Waals surface area contributed by atoms with E-state index in [0.717, 1.165) is 22.3 Å². The van der Waals surface area contributed by atoms with Gasteiger partial charge in [-0.2, -0.15) is 0 Å². The Labute approximate surface area is 122 Å². The summed E-state index contributed by atoms with van der Waals surface area (Å²) in [5.74, 6) is 0.119. The van der Waals surface area contributed by atoms with Crippen LogP contribution in [0.4, 0.5) is 0 Å². The summed E-state index contributed by atoms with van der Waals surface area (Å²) in [6, 6.07) is 11.6. The molecule has 0 aliphatic heterocycles. The maximum absolute atomic E-state index is 12.6. The number of carbonyl (C=O) groups is 1. The van der Waals surface area contributed by atoms with E-state index in [-0.39, 0.29) is 5.78 Å². The van der Waals surface area contributed by atoms with Crippen molar-refractivity contribution in [1.82, 2.24) is 0 Å². The highest BCUT2D eigenvalue weighted by Crippen LogP contribution is 2.24. The summed E-state index contributed by atoms with van der Waals surface area (Å²) < 4.78 is 0. The van der Waals surface area contributed by atoms with Gasteiger partial charge in [0, 0.05) is 11.1 Å². The summed E-state index contributed by atoms with van der Waals surface area (Å²) in [5.41, 5.74) is 6.22. The number of ketones is 1. The number of carbonyl (C=O) groups excluding carboxylic acids is 1. The largest absolute Gasteiger partial charge is 0.289 e. The van der Waals surface area contributed by atoms with Crippen LogP contribution in [0.5, 0.6) is 0 Å². The Hall–Kier alpha value is -1.89. The minimum absolute atomic E-state index is 0.119. The molecule has 2 aromatic carbocycles. The molecule has 0 amide bonds. The third-order valence-corrected chi connectivity index (χ3v) is 3.62. The van der Waals surface area contributed by atoms with Crippen LogP contribution in [-0.4, -0.2) is 5.78 Å². The van der Waals surface area contributed by atoms with Gasteiger partial charge in [0.25, 0.3) is 0 Å². The molecule has 0 aromatic heterocycles. The molecule has 0 aliphatic rings. The minimum atomic E-state index is 0.119. The van der Waals surface area contributed by atoms with E-state index in [0.29, 0.717) is 0 Å². The van der Waals surface area contributed by atoms with Crippen molar-refractivity contribution in [2.24, 2.45) is 0 Å². The lowest BCUT2D eigenvalue weighted by molar-refractivity contribution is 0.103. The molecule has 2 aromatic rings. The van der Waals surface area contributed by atoms with Crippen LogP contribution in [0.1, 0.15) is 52.0 Å². The molecule has 1 nitrogen and oxygen atoms in total. The van der Waals surface area contributed by atoms with Crippen LogP contribution in [0.3, 0.4) is 0 Å². The molecule has 0 atom stereocenters. The molecule has 1 heteroatoms. The van der Waals surface area contributed by atoms with Gasteiger partial charge < -0.3 is 0 Å². The first-order chi connectivity index (χ1) is 9.52. The molecule has 2 rings (SSSR count). The summed E-state index contributed by atoms with van der Waals surface area (Å²) in [7, 11) is 0. The van der Waals surface area contributed by atoms with Gasteiger partial charge in [0.15, 0.2) is 5.78 Å². The van der Waals surface area contributed by atoms with E-state index in [1.54, 1.807) is 0 Å². The summed E-state index contributed by atoms with van der Waals surface area (Å²) in [6.45, 7) is 12.2. The number of hydrogen-bond donors (Lipinski definition) is 0. The molecule has 0 saturated heterocycles. The molecular formula is C19H24O. The second kappa shape index (κ2) is 7.04. The zero-order chi connectivity index (χ0) is 15.3. The lowest BCUT2D eigenvalue weighted by Crippen LogP contribution is -2.08. The minimum Gasteiger partial charge on any atom is -0.289 e. The fourth-order valence-electron chi connectivity index (χ4n) is 2.37. The van der Waals surface area contributed by atoms with E-state index in [1.165, 1.54) is 11.1 Å². The van der Waals surface area contributed by atoms with Crippen molar-refractivity contribution in [3.63, 3.8) is 0 Å². The highest BCUT2D eigenvalue weighted by Gasteiger charge is 2.16.